The van der Waals surface area contributed by atoms with E-state index in [1.807, 2.05) is 0 Å². The van der Waals surface area contributed by atoms with Gasteiger partial charge in [0.25, 0.3) is 0 Å². The predicted octanol–water partition coefficient (Wildman–Crippen LogP) is 13.3. The molecule has 7 aromatic carbocycles. The molecule has 0 bridgehead atoms. The molecule has 2 nitrogen and oxygen atoms in total. The molecule has 0 spiro atoms. The molecule has 240 valence electrons. The second kappa shape index (κ2) is 10.3. The molecule has 0 saturated heterocycles. The lowest BCUT2D eigenvalue weighted by molar-refractivity contribution is 0.656. The van der Waals surface area contributed by atoms with Crippen molar-refractivity contribution in [3.05, 3.63) is 174 Å². The topological polar surface area (TPSA) is 16.4 Å². The van der Waals surface area contributed by atoms with Crippen LogP contribution in [0.1, 0.15) is 49.9 Å². The predicted molar refractivity (Wildman–Crippen MR) is 209 cm³/mol. The van der Waals surface area contributed by atoms with Gasteiger partial charge in [0, 0.05) is 38.7 Å². The Morgan fingerprint density at radius 3 is 1.78 bits per heavy atom. The normalized spacial score (nSPS) is 14.7. The highest BCUT2D eigenvalue weighted by Gasteiger charge is 2.39. The van der Waals surface area contributed by atoms with E-state index in [-0.39, 0.29) is 10.8 Å². The van der Waals surface area contributed by atoms with Crippen LogP contribution in [0.5, 0.6) is 0 Å². The fourth-order valence-electron chi connectivity index (χ4n) is 8.88. The molecule has 0 amide bonds. The third-order valence-electron chi connectivity index (χ3n) is 11.5. The highest BCUT2D eigenvalue weighted by molar-refractivity contribution is 6.15. The Kier molecular flexibility index (Phi) is 6.01. The van der Waals surface area contributed by atoms with Crippen molar-refractivity contribution in [2.45, 2.75) is 38.5 Å². The zero-order valence-electron chi connectivity index (χ0n) is 28.8. The highest BCUT2D eigenvalue weighted by atomic mass is 16.3. The summed E-state index contributed by atoms with van der Waals surface area (Å²) >= 11 is 0. The van der Waals surface area contributed by atoms with E-state index in [0.29, 0.717) is 0 Å². The van der Waals surface area contributed by atoms with Gasteiger partial charge in [-0.25, -0.2) is 0 Å². The quantitative estimate of drug-likeness (QED) is 0.190. The third-order valence-corrected chi connectivity index (χ3v) is 11.5. The van der Waals surface area contributed by atoms with Gasteiger partial charge in [0.1, 0.15) is 11.2 Å². The van der Waals surface area contributed by atoms with Crippen molar-refractivity contribution >= 4 is 39.0 Å². The molecule has 8 aromatic rings. The Labute approximate surface area is 293 Å². The number of hydrogen-bond acceptors (Lipinski definition) is 2. The van der Waals surface area contributed by atoms with Gasteiger partial charge in [-0.3, -0.25) is 0 Å². The summed E-state index contributed by atoms with van der Waals surface area (Å²) in [5.74, 6) is 0. The molecule has 2 aliphatic carbocycles. The molecular formula is C48H37NO. The minimum atomic E-state index is -0.183. The van der Waals surface area contributed by atoms with Crippen LogP contribution in [0, 0.1) is 0 Å². The maximum Gasteiger partial charge on any atom is 0.136 e. The second-order valence-corrected chi connectivity index (χ2v) is 15.0. The summed E-state index contributed by atoms with van der Waals surface area (Å²) in [4.78, 5) is 2.44. The molecular weight excluding hydrogens is 607 g/mol. The summed E-state index contributed by atoms with van der Waals surface area (Å²) in [5, 5.41) is 2.39. The SMILES string of the molecule is CC1(C)c2ccccc2-c2ccc(N(c3ccc(-c4ccccc4)cc3)c3ccc4c(c3)C(C)(C)c3ccc5oc6ccccc6c5c3-4)cc21. The van der Waals surface area contributed by atoms with Crippen LogP contribution in [0.3, 0.4) is 0 Å². The zero-order chi connectivity index (χ0) is 33.8. The summed E-state index contributed by atoms with van der Waals surface area (Å²) < 4.78 is 6.35. The lowest BCUT2D eigenvalue weighted by atomic mass is 9.82. The molecule has 1 aromatic heterocycles. The van der Waals surface area contributed by atoms with Gasteiger partial charge in [0.2, 0.25) is 0 Å². The van der Waals surface area contributed by atoms with Gasteiger partial charge in [0.15, 0.2) is 0 Å². The van der Waals surface area contributed by atoms with E-state index >= 15 is 0 Å². The minimum Gasteiger partial charge on any atom is -0.456 e. The largest absolute Gasteiger partial charge is 0.456 e. The van der Waals surface area contributed by atoms with Gasteiger partial charge < -0.3 is 9.32 Å². The molecule has 0 aliphatic heterocycles. The van der Waals surface area contributed by atoms with E-state index in [9.17, 15) is 0 Å². The van der Waals surface area contributed by atoms with E-state index < -0.39 is 0 Å². The molecule has 0 fully saturated rings. The van der Waals surface area contributed by atoms with Crippen LogP contribution in [0.15, 0.2) is 156 Å². The van der Waals surface area contributed by atoms with E-state index in [4.69, 9.17) is 4.42 Å². The van der Waals surface area contributed by atoms with Crippen molar-refractivity contribution in [2.24, 2.45) is 0 Å². The molecule has 2 aliphatic rings. The lowest BCUT2D eigenvalue weighted by Gasteiger charge is -2.30. The van der Waals surface area contributed by atoms with Crippen molar-refractivity contribution in [2.75, 3.05) is 4.90 Å². The molecule has 0 radical (unpaired) electrons. The molecule has 2 heteroatoms. The van der Waals surface area contributed by atoms with Crippen LogP contribution in [0.25, 0.3) is 55.3 Å². The molecule has 10 rings (SSSR count). The maximum atomic E-state index is 6.35. The number of hydrogen-bond donors (Lipinski definition) is 0. The van der Waals surface area contributed by atoms with E-state index in [1.165, 1.54) is 66.4 Å². The summed E-state index contributed by atoms with van der Waals surface area (Å²) in [6, 6.07) is 55.5. The lowest BCUT2D eigenvalue weighted by Crippen LogP contribution is -2.18. The second-order valence-electron chi connectivity index (χ2n) is 15.0. The Balaban J connectivity index is 1.16. The fourth-order valence-corrected chi connectivity index (χ4v) is 8.88. The summed E-state index contributed by atoms with van der Waals surface area (Å²) in [6.07, 6.45) is 0. The Morgan fingerprint density at radius 1 is 0.420 bits per heavy atom. The number of anilines is 3. The number of nitrogens with zero attached hydrogens (tertiary/aromatic N) is 1. The van der Waals surface area contributed by atoms with Gasteiger partial charge in [-0.1, -0.05) is 131 Å². The number of rotatable bonds is 4. The zero-order valence-corrected chi connectivity index (χ0v) is 28.8. The van der Waals surface area contributed by atoms with Crippen LogP contribution in [-0.4, -0.2) is 0 Å². The molecule has 0 saturated carbocycles. The molecule has 0 unspecified atom stereocenters. The van der Waals surface area contributed by atoms with E-state index in [0.717, 1.165) is 28.2 Å². The van der Waals surface area contributed by atoms with Crippen molar-refractivity contribution < 1.29 is 4.42 Å². The number of furan rings is 1. The van der Waals surface area contributed by atoms with Gasteiger partial charge >= 0.3 is 0 Å². The first-order valence-corrected chi connectivity index (χ1v) is 17.6. The maximum absolute atomic E-state index is 6.35. The number of para-hydroxylation sites is 1. The smallest absolute Gasteiger partial charge is 0.136 e. The third kappa shape index (κ3) is 4.02. The minimum absolute atomic E-state index is 0.0922. The summed E-state index contributed by atoms with van der Waals surface area (Å²) in [7, 11) is 0. The van der Waals surface area contributed by atoms with Gasteiger partial charge in [-0.05, 0) is 104 Å². The standard InChI is InChI=1S/C48H37NO/c1-47(2)39-16-10-8-14-35(39)36-24-22-33(28-41(36)47)49(32-20-18-31(19-21-32)30-12-6-5-7-13-30)34-23-25-37-42(29-34)48(3,4)40-26-27-44-46(45(37)40)38-15-9-11-17-43(38)50-44/h5-29H,1-4H3. The number of fused-ring (bicyclic) bond motifs is 10. The average Bonchev–Trinajstić information content (AvgIpc) is 3.72. The van der Waals surface area contributed by atoms with Gasteiger partial charge in [0.05, 0.1) is 0 Å². The first-order valence-electron chi connectivity index (χ1n) is 17.6. The highest BCUT2D eigenvalue weighted by Crippen LogP contribution is 2.55. The van der Waals surface area contributed by atoms with Crippen molar-refractivity contribution in [3.63, 3.8) is 0 Å². The van der Waals surface area contributed by atoms with Crippen molar-refractivity contribution in [1.82, 2.24) is 0 Å². The first-order chi connectivity index (χ1) is 24.3. The monoisotopic (exact) mass is 643 g/mol. The van der Waals surface area contributed by atoms with Crippen LogP contribution in [-0.2, 0) is 10.8 Å². The van der Waals surface area contributed by atoms with Crippen LogP contribution in [0.4, 0.5) is 17.1 Å². The molecule has 50 heavy (non-hydrogen) atoms. The molecule has 0 N–H and O–H groups in total. The Bertz CT molecular complexity index is 2640. The Hall–Kier alpha value is -5.86. The summed E-state index contributed by atoms with van der Waals surface area (Å²) in [6.45, 7) is 9.44. The fraction of sp³-hybridized carbons (Fsp3) is 0.125. The first kappa shape index (κ1) is 29.1. The van der Waals surface area contributed by atoms with Crippen molar-refractivity contribution in [1.29, 1.82) is 0 Å². The van der Waals surface area contributed by atoms with Gasteiger partial charge in [-0.15, -0.1) is 0 Å². The number of benzene rings is 7. The molecule has 1 heterocycles. The average molecular weight is 644 g/mol. The van der Waals surface area contributed by atoms with E-state index in [1.54, 1.807) is 0 Å². The van der Waals surface area contributed by atoms with Gasteiger partial charge in [-0.2, -0.15) is 0 Å². The summed E-state index contributed by atoms with van der Waals surface area (Å²) in [5.41, 5.74) is 18.2. The van der Waals surface area contributed by atoms with Crippen LogP contribution in [0.2, 0.25) is 0 Å². The Morgan fingerprint density at radius 2 is 1.00 bits per heavy atom. The van der Waals surface area contributed by atoms with Crippen molar-refractivity contribution in [3.8, 4) is 33.4 Å². The van der Waals surface area contributed by atoms with E-state index in [2.05, 4.69) is 184 Å². The molecule has 0 atom stereocenters. The van der Waals surface area contributed by atoms with Crippen LogP contribution < -0.4 is 4.90 Å². The van der Waals surface area contributed by atoms with Crippen LogP contribution >= 0.6 is 0 Å².